The molecular formula is C9H7Cl2NO3. The summed E-state index contributed by atoms with van der Waals surface area (Å²) in [5.74, 6) is 0.112. The number of carbonyl (C=O) groups is 1. The highest BCUT2D eigenvalue weighted by Gasteiger charge is 2.11. The van der Waals surface area contributed by atoms with Gasteiger partial charge in [0.15, 0.2) is 0 Å². The molecule has 0 bridgehead atoms. The zero-order valence-corrected chi connectivity index (χ0v) is 9.09. The first-order chi connectivity index (χ1) is 7.04. The molecule has 0 saturated heterocycles. The summed E-state index contributed by atoms with van der Waals surface area (Å²) in [5.41, 5.74) is 1.13. The summed E-state index contributed by atoms with van der Waals surface area (Å²) >= 11 is 10.8. The van der Waals surface area contributed by atoms with E-state index in [-0.39, 0.29) is 18.0 Å². The van der Waals surface area contributed by atoms with Gasteiger partial charge in [-0.1, -0.05) is 6.07 Å². The van der Waals surface area contributed by atoms with Crippen LogP contribution in [0.25, 0.3) is 0 Å². The van der Waals surface area contributed by atoms with Gasteiger partial charge in [-0.2, -0.15) is 0 Å². The maximum Gasteiger partial charge on any atom is 0.269 e. The molecule has 0 aliphatic heterocycles. The van der Waals surface area contributed by atoms with Crippen LogP contribution in [-0.4, -0.2) is 10.2 Å². The van der Waals surface area contributed by atoms with Crippen molar-refractivity contribution in [1.82, 2.24) is 0 Å². The Morgan fingerprint density at radius 2 is 2.07 bits per heavy atom. The highest BCUT2D eigenvalue weighted by molar-refractivity contribution is 6.63. The summed E-state index contributed by atoms with van der Waals surface area (Å²) in [5, 5.41) is 9.95. The van der Waals surface area contributed by atoms with Gasteiger partial charge in [-0.05, 0) is 22.7 Å². The topological polar surface area (TPSA) is 60.2 Å². The van der Waals surface area contributed by atoms with Crippen molar-refractivity contribution in [2.75, 3.05) is 0 Å². The molecule has 0 aliphatic rings. The monoisotopic (exact) mass is 247 g/mol. The van der Waals surface area contributed by atoms with E-state index in [0.29, 0.717) is 11.1 Å². The number of halogens is 2. The molecular weight excluding hydrogens is 241 g/mol. The molecule has 0 aromatic heterocycles. The molecule has 0 heterocycles. The van der Waals surface area contributed by atoms with Crippen LogP contribution in [0.2, 0.25) is 0 Å². The smallest absolute Gasteiger partial charge is 0.269 e. The second kappa shape index (κ2) is 5.09. The minimum Gasteiger partial charge on any atom is -0.281 e. The molecule has 4 nitrogen and oxygen atoms in total. The van der Waals surface area contributed by atoms with Crippen LogP contribution in [0.5, 0.6) is 0 Å². The van der Waals surface area contributed by atoms with Crippen LogP contribution in [0, 0.1) is 10.1 Å². The van der Waals surface area contributed by atoms with E-state index in [9.17, 15) is 14.9 Å². The first-order valence-corrected chi connectivity index (χ1v) is 4.96. The standard InChI is InChI=1S/C9H7Cl2NO3/c10-5-7-3-8(12(14)15)2-1-6(7)4-9(11)13/h1-3H,4-5H2. The minimum atomic E-state index is -0.518. The lowest BCUT2D eigenvalue weighted by Crippen LogP contribution is -1.99. The summed E-state index contributed by atoms with van der Waals surface area (Å²) in [4.78, 5) is 20.6. The van der Waals surface area contributed by atoms with Crippen molar-refractivity contribution < 1.29 is 9.72 Å². The molecule has 1 aromatic carbocycles. The predicted octanol–water partition coefficient (Wildman–Crippen LogP) is 2.64. The molecule has 6 heteroatoms. The van der Waals surface area contributed by atoms with E-state index in [1.807, 2.05) is 0 Å². The van der Waals surface area contributed by atoms with E-state index < -0.39 is 10.2 Å². The fourth-order valence-electron chi connectivity index (χ4n) is 1.17. The van der Waals surface area contributed by atoms with E-state index in [0.717, 1.165) is 0 Å². The highest BCUT2D eigenvalue weighted by Crippen LogP contribution is 2.20. The van der Waals surface area contributed by atoms with Crippen molar-refractivity contribution in [2.24, 2.45) is 0 Å². The van der Waals surface area contributed by atoms with Crippen LogP contribution in [0.3, 0.4) is 0 Å². The predicted molar refractivity (Wildman–Crippen MR) is 57.2 cm³/mol. The van der Waals surface area contributed by atoms with Crippen LogP contribution in [-0.2, 0) is 17.1 Å². The van der Waals surface area contributed by atoms with Gasteiger partial charge in [0.1, 0.15) is 0 Å². The lowest BCUT2D eigenvalue weighted by atomic mass is 10.1. The number of nitro groups is 1. The molecule has 0 atom stereocenters. The third kappa shape index (κ3) is 3.18. The molecule has 0 saturated carbocycles. The second-order valence-electron chi connectivity index (χ2n) is 2.88. The van der Waals surface area contributed by atoms with Crippen LogP contribution in [0.1, 0.15) is 11.1 Å². The van der Waals surface area contributed by atoms with Gasteiger partial charge in [0.25, 0.3) is 5.69 Å². The third-order valence-electron chi connectivity index (χ3n) is 1.87. The van der Waals surface area contributed by atoms with Gasteiger partial charge in [0.2, 0.25) is 5.24 Å². The summed E-state index contributed by atoms with van der Waals surface area (Å²) in [6, 6.07) is 4.17. The van der Waals surface area contributed by atoms with Crippen molar-refractivity contribution in [3.63, 3.8) is 0 Å². The quantitative estimate of drug-likeness (QED) is 0.356. The summed E-state index contributed by atoms with van der Waals surface area (Å²) in [6.45, 7) is 0. The first kappa shape index (κ1) is 11.9. The number of nitrogens with zero attached hydrogens (tertiary/aromatic N) is 1. The number of alkyl halides is 1. The van der Waals surface area contributed by atoms with Gasteiger partial charge in [0, 0.05) is 24.4 Å². The average molecular weight is 248 g/mol. The Balaban J connectivity index is 3.08. The van der Waals surface area contributed by atoms with Crippen molar-refractivity contribution in [1.29, 1.82) is 0 Å². The molecule has 1 rings (SSSR count). The Kier molecular flexibility index (Phi) is 4.05. The number of nitro benzene ring substituents is 1. The van der Waals surface area contributed by atoms with Crippen LogP contribution >= 0.6 is 23.2 Å². The van der Waals surface area contributed by atoms with E-state index >= 15 is 0 Å². The third-order valence-corrected chi connectivity index (χ3v) is 2.30. The van der Waals surface area contributed by atoms with Crippen molar-refractivity contribution in [2.45, 2.75) is 12.3 Å². The number of non-ortho nitro benzene ring substituents is 1. The minimum absolute atomic E-state index is 0.0294. The maximum absolute atomic E-state index is 10.7. The van der Waals surface area contributed by atoms with Gasteiger partial charge < -0.3 is 0 Å². The number of carbonyl (C=O) groups excluding carboxylic acids is 1. The van der Waals surface area contributed by atoms with Crippen molar-refractivity contribution in [3.05, 3.63) is 39.4 Å². The zero-order valence-electron chi connectivity index (χ0n) is 7.57. The van der Waals surface area contributed by atoms with Gasteiger partial charge in [-0.25, -0.2) is 0 Å². The Bertz CT molecular complexity index is 406. The first-order valence-electron chi connectivity index (χ1n) is 4.05. The van der Waals surface area contributed by atoms with E-state index in [4.69, 9.17) is 23.2 Å². The number of benzene rings is 1. The van der Waals surface area contributed by atoms with E-state index in [2.05, 4.69) is 0 Å². The van der Waals surface area contributed by atoms with E-state index in [1.54, 1.807) is 0 Å². The lowest BCUT2D eigenvalue weighted by Gasteiger charge is -2.03. The maximum atomic E-state index is 10.7. The Morgan fingerprint density at radius 1 is 1.40 bits per heavy atom. The molecule has 0 N–H and O–H groups in total. The molecule has 15 heavy (non-hydrogen) atoms. The van der Waals surface area contributed by atoms with E-state index in [1.165, 1.54) is 18.2 Å². The molecule has 0 aliphatic carbocycles. The summed E-state index contributed by atoms with van der Waals surface area (Å²) in [6.07, 6.45) is 0.0294. The van der Waals surface area contributed by atoms with Crippen molar-refractivity contribution in [3.8, 4) is 0 Å². The van der Waals surface area contributed by atoms with Gasteiger partial charge in [-0.15, -0.1) is 11.6 Å². The molecule has 1 aromatic rings. The normalized spacial score (nSPS) is 10.0. The Morgan fingerprint density at radius 3 is 2.53 bits per heavy atom. The fourth-order valence-corrected chi connectivity index (χ4v) is 1.57. The molecule has 0 unspecified atom stereocenters. The fraction of sp³-hybridized carbons (Fsp3) is 0.222. The van der Waals surface area contributed by atoms with Crippen LogP contribution < -0.4 is 0 Å². The average Bonchev–Trinajstić information content (AvgIpc) is 2.17. The SMILES string of the molecule is O=C(Cl)Cc1ccc([N+](=O)[O-])cc1CCl. The molecule has 0 spiro atoms. The number of hydrogen-bond donors (Lipinski definition) is 0. The summed E-state index contributed by atoms with van der Waals surface area (Å²) < 4.78 is 0. The van der Waals surface area contributed by atoms with Gasteiger partial charge in [-0.3, -0.25) is 14.9 Å². The van der Waals surface area contributed by atoms with Gasteiger partial charge >= 0.3 is 0 Å². The van der Waals surface area contributed by atoms with Crippen molar-refractivity contribution >= 4 is 34.1 Å². The largest absolute Gasteiger partial charge is 0.281 e. The number of hydrogen-bond acceptors (Lipinski definition) is 3. The second-order valence-corrected chi connectivity index (χ2v) is 3.56. The molecule has 0 amide bonds. The van der Waals surface area contributed by atoms with Crippen LogP contribution in [0.4, 0.5) is 5.69 Å². The number of rotatable bonds is 4. The summed E-state index contributed by atoms with van der Waals surface area (Å²) in [7, 11) is 0. The highest BCUT2D eigenvalue weighted by atomic mass is 35.5. The Labute approximate surface area is 95.9 Å². The molecule has 0 fully saturated rings. The Hall–Kier alpha value is -1.13. The lowest BCUT2D eigenvalue weighted by molar-refractivity contribution is -0.384. The molecule has 0 radical (unpaired) electrons. The van der Waals surface area contributed by atoms with Crippen LogP contribution in [0.15, 0.2) is 18.2 Å². The zero-order chi connectivity index (χ0) is 11.4. The molecule has 80 valence electrons. The van der Waals surface area contributed by atoms with Gasteiger partial charge in [0.05, 0.1) is 4.92 Å².